The van der Waals surface area contributed by atoms with Crippen LogP contribution in [0, 0.1) is 0 Å². The van der Waals surface area contributed by atoms with E-state index in [-0.39, 0.29) is 23.2 Å². The Hall–Kier alpha value is -2.94. The number of para-hydroxylation sites is 1. The first-order valence-electron chi connectivity index (χ1n) is 10.9. The zero-order valence-electron chi connectivity index (χ0n) is 19.1. The highest BCUT2D eigenvalue weighted by atomic mass is 19.4. The van der Waals surface area contributed by atoms with Gasteiger partial charge in [0, 0.05) is 11.7 Å². The van der Waals surface area contributed by atoms with Crippen molar-refractivity contribution < 1.29 is 27.4 Å². The topological polar surface area (TPSA) is 71.6 Å². The van der Waals surface area contributed by atoms with E-state index in [2.05, 4.69) is 48.4 Å². The van der Waals surface area contributed by atoms with Crippen LogP contribution in [0.3, 0.4) is 0 Å². The molecule has 2 aromatic rings. The van der Waals surface area contributed by atoms with Crippen molar-refractivity contribution in [2.45, 2.75) is 70.6 Å². The summed E-state index contributed by atoms with van der Waals surface area (Å²) in [7, 11) is 0. The van der Waals surface area contributed by atoms with E-state index < -0.39 is 18.6 Å². The summed E-state index contributed by atoms with van der Waals surface area (Å²) < 4.78 is 47.1. The van der Waals surface area contributed by atoms with Crippen molar-refractivity contribution in [2.24, 2.45) is 0 Å². The quantitative estimate of drug-likeness (QED) is 0.542. The average molecular weight is 466 g/mol. The van der Waals surface area contributed by atoms with Crippen LogP contribution >= 0.6 is 0 Å². The number of rotatable bonds is 5. The number of amides is 2. The molecule has 0 aromatic heterocycles. The van der Waals surface area contributed by atoms with Gasteiger partial charge in [0.05, 0.1) is 6.04 Å². The zero-order chi connectivity index (χ0) is 24.2. The van der Waals surface area contributed by atoms with Crippen molar-refractivity contribution in [3.8, 4) is 11.5 Å². The number of carbonyl (C=O) groups is 1. The number of benzene rings is 2. The summed E-state index contributed by atoms with van der Waals surface area (Å²) in [6.45, 7) is 8.40. The Bertz CT molecular complexity index is 942. The maximum atomic E-state index is 12.6. The number of carbonyl (C=O) groups excluding carboxylic acids is 1. The number of ether oxygens (including phenoxy) is 2. The molecular weight excluding hydrogens is 435 g/mol. The second-order valence-corrected chi connectivity index (χ2v) is 9.21. The van der Waals surface area contributed by atoms with Crippen LogP contribution in [-0.2, 0) is 5.41 Å². The third-order valence-corrected chi connectivity index (χ3v) is 5.34. The van der Waals surface area contributed by atoms with Gasteiger partial charge in [0.1, 0.15) is 11.5 Å². The molecule has 0 aliphatic carbocycles. The van der Waals surface area contributed by atoms with Crippen molar-refractivity contribution >= 4 is 11.7 Å². The Balaban J connectivity index is 1.66. The normalized spacial score (nSPS) is 21.2. The molecule has 2 amide bonds. The predicted molar refractivity (Wildman–Crippen MR) is 120 cm³/mol. The SMILES string of the molecule is CC1CCC(NC(=O)Nc2ccc(OC(F)(F)F)cc2)C(Oc2ccccc2C(C)(C)C)N1. The molecule has 3 unspecified atom stereocenters. The van der Waals surface area contributed by atoms with Gasteiger partial charge in [-0.3, -0.25) is 5.32 Å². The van der Waals surface area contributed by atoms with Crippen molar-refractivity contribution in [3.05, 3.63) is 54.1 Å². The van der Waals surface area contributed by atoms with Crippen molar-refractivity contribution in [3.63, 3.8) is 0 Å². The Morgan fingerprint density at radius 3 is 2.33 bits per heavy atom. The minimum absolute atomic E-state index is 0.112. The Kier molecular flexibility index (Phi) is 7.41. The first kappa shape index (κ1) is 24.7. The fraction of sp³-hybridized carbons (Fsp3) is 0.458. The number of urea groups is 1. The first-order chi connectivity index (χ1) is 15.4. The van der Waals surface area contributed by atoms with Gasteiger partial charge in [-0.15, -0.1) is 13.2 Å². The lowest BCUT2D eigenvalue weighted by molar-refractivity contribution is -0.274. The third kappa shape index (κ3) is 7.28. The number of nitrogens with one attached hydrogen (secondary N) is 3. The van der Waals surface area contributed by atoms with Crippen LogP contribution in [0.2, 0.25) is 0 Å². The molecule has 0 radical (unpaired) electrons. The molecule has 0 spiro atoms. The van der Waals surface area contributed by atoms with E-state index in [0.29, 0.717) is 12.1 Å². The second-order valence-electron chi connectivity index (χ2n) is 9.21. The van der Waals surface area contributed by atoms with Gasteiger partial charge in [0.2, 0.25) is 0 Å². The molecule has 1 aliphatic heterocycles. The summed E-state index contributed by atoms with van der Waals surface area (Å²) >= 11 is 0. The smallest absolute Gasteiger partial charge is 0.473 e. The molecule has 3 N–H and O–H groups in total. The van der Waals surface area contributed by atoms with Gasteiger partial charge in [0.15, 0.2) is 6.23 Å². The number of alkyl halides is 3. The Morgan fingerprint density at radius 2 is 1.70 bits per heavy atom. The van der Waals surface area contributed by atoms with E-state index in [4.69, 9.17) is 4.74 Å². The molecule has 0 bridgehead atoms. The first-order valence-corrected chi connectivity index (χ1v) is 10.9. The summed E-state index contributed by atoms with van der Waals surface area (Å²) in [6.07, 6.45) is -3.64. The fourth-order valence-electron chi connectivity index (χ4n) is 3.73. The molecule has 2 aromatic carbocycles. The third-order valence-electron chi connectivity index (χ3n) is 5.34. The lowest BCUT2D eigenvalue weighted by Crippen LogP contribution is -2.59. The van der Waals surface area contributed by atoms with Crippen LogP contribution in [0.4, 0.5) is 23.7 Å². The predicted octanol–water partition coefficient (Wildman–Crippen LogP) is 5.55. The van der Waals surface area contributed by atoms with Gasteiger partial charge < -0.3 is 20.1 Å². The highest BCUT2D eigenvalue weighted by Crippen LogP contribution is 2.32. The summed E-state index contributed by atoms with van der Waals surface area (Å²) in [5, 5.41) is 8.97. The average Bonchev–Trinajstić information content (AvgIpc) is 2.70. The van der Waals surface area contributed by atoms with E-state index in [0.717, 1.165) is 29.9 Å². The lowest BCUT2D eigenvalue weighted by atomic mass is 9.86. The number of halogens is 3. The maximum absolute atomic E-state index is 12.6. The molecule has 6 nitrogen and oxygen atoms in total. The molecule has 1 saturated heterocycles. The van der Waals surface area contributed by atoms with Crippen LogP contribution < -0.4 is 25.4 Å². The minimum Gasteiger partial charge on any atom is -0.473 e. The number of hydrogen-bond donors (Lipinski definition) is 3. The van der Waals surface area contributed by atoms with Crippen LogP contribution in [0.1, 0.15) is 46.1 Å². The largest absolute Gasteiger partial charge is 0.573 e. The van der Waals surface area contributed by atoms with Gasteiger partial charge in [-0.1, -0.05) is 39.0 Å². The molecular formula is C24H30F3N3O3. The summed E-state index contributed by atoms with van der Waals surface area (Å²) in [6, 6.07) is 12.2. The molecule has 1 heterocycles. The van der Waals surface area contributed by atoms with Gasteiger partial charge in [-0.2, -0.15) is 0 Å². The van der Waals surface area contributed by atoms with Gasteiger partial charge in [-0.25, -0.2) is 4.79 Å². The highest BCUT2D eigenvalue weighted by molar-refractivity contribution is 5.89. The highest BCUT2D eigenvalue weighted by Gasteiger charge is 2.33. The number of piperidine rings is 1. The molecule has 180 valence electrons. The van der Waals surface area contributed by atoms with Gasteiger partial charge in [-0.05, 0) is 61.1 Å². The standard InChI is InChI=1S/C24H30F3N3O3/c1-15-9-14-19(21(28-15)32-20-8-6-5-7-18(20)23(2,3)4)30-22(31)29-16-10-12-17(13-11-16)33-24(25,26)27/h5-8,10-13,15,19,21,28H,9,14H2,1-4H3,(H2,29,30,31). The molecule has 0 saturated carbocycles. The number of anilines is 1. The van der Waals surface area contributed by atoms with Crippen molar-refractivity contribution in [1.82, 2.24) is 10.6 Å². The summed E-state index contributed by atoms with van der Waals surface area (Å²) in [4.78, 5) is 12.6. The summed E-state index contributed by atoms with van der Waals surface area (Å²) in [5.74, 6) is 0.397. The van der Waals surface area contributed by atoms with Crippen LogP contribution in [-0.4, -0.2) is 30.7 Å². The Morgan fingerprint density at radius 1 is 1.03 bits per heavy atom. The van der Waals surface area contributed by atoms with E-state index in [9.17, 15) is 18.0 Å². The number of hydrogen-bond acceptors (Lipinski definition) is 4. The van der Waals surface area contributed by atoms with Crippen LogP contribution in [0.25, 0.3) is 0 Å². The molecule has 9 heteroatoms. The minimum atomic E-state index is -4.77. The van der Waals surface area contributed by atoms with Gasteiger partial charge >= 0.3 is 12.4 Å². The van der Waals surface area contributed by atoms with E-state index in [1.54, 1.807) is 0 Å². The molecule has 33 heavy (non-hydrogen) atoms. The van der Waals surface area contributed by atoms with Crippen molar-refractivity contribution in [1.29, 1.82) is 0 Å². The second kappa shape index (κ2) is 9.91. The molecule has 3 rings (SSSR count). The molecule has 1 aliphatic rings. The van der Waals surface area contributed by atoms with E-state index in [1.165, 1.54) is 12.1 Å². The maximum Gasteiger partial charge on any atom is 0.573 e. The van der Waals surface area contributed by atoms with E-state index >= 15 is 0 Å². The fourth-order valence-corrected chi connectivity index (χ4v) is 3.73. The molecule has 1 fully saturated rings. The summed E-state index contributed by atoms with van der Waals surface area (Å²) in [5.41, 5.74) is 1.29. The zero-order valence-corrected chi connectivity index (χ0v) is 19.1. The van der Waals surface area contributed by atoms with Crippen molar-refractivity contribution in [2.75, 3.05) is 5.32 Å². The van der Waals surface area contributed by atoms with E-state index in [1.807, 2.05) is 24.3 Å². The lowest BCUT2D eigenvalue weighted by Gasteiger charge is -2.37. The van der Waals surface area contributed by atoms with Gasteiger partial charge in [0.25, 0.3) is 0 Å². The molecule has 3 atom stereocenters. The van der Waals surface area contributed by atoms with Crippen LogP contribution in [0.5, 0.6) is 11.5 Å². The Labute approximate surface area is 191 Å². The monoisotopic (exact) mass is 465 g/mol. The van der Waals surface area contributed by atoms with Crippen LogP contribution in [0.15, 0.2) is 48.5 Å².